The first-order chi connectivity index (χ1) is 9.68. The van der Waals surface area contributed by atoms with E-state index in [0.717, 1.165) is 45.3 Å². The SMILES string of the molecule is CCCn1ncc(OC)c1C(=O)C1(CC)CCNCC1. The molecule has 0 radical (unpaired) electrons. The number of hydrogen-bond donors (Lipinski definition) is 1. The standard InChI is InChI=1S/C15H25N3O2/c1-4-10-18-13(12(20-3)11-17-18)14(19)15(5-2)6-8-16-9-7-15/h11,16H,4-10H2,1-3H3. The predicted octanol–water partition coefficient (Wildman–Crippen LogP) is 2.26. The summed E-state index contributed by atoms with van der Waals surface area (Å²) in [5.74, 6) is 0.805. The molecule has 2 rings (SSSR count). The largest absolute Gasteiger partial charge is 0.493 e. The van der Waals surface area contributed by atoms with Crippen molar-refractivity contribution in [3.8, 4) is 5.75 Å². The lowest BCUT2D eigenvalue weighted by molar-refractivity contribution is 0.0701. The third-order valence-corrected chi connectivity index (χ3v) is 4.40. The van der Waals surface area contributed by atoms with Gasteiger partial charge in [-0.2, -0.15) is 5.10 Å². The first kappa shape index (κ1) is 15.0. The molecule has 0 amide bonds. The van der Waals surface area contributed by atoms with E-state index in [9.17, 15) is 4.79 Å². The van der Waals surface area contributed by atoms with Gasteiger partial charge in [0.2, 0.25) is 0 Å². The second kappa shape index (κ2) is 6.39. The minimum atomic E-state index is -0.260. The molecule has 0 aromatic carbocycles. The van der Waals surface area contributed by atoms with Crippen LogP contribution in [0.15, 0.2) is 6.20 Å². The van der Waals surface area contributed by atoms with Gasteiger partial charge in [-0.1, -0.05) is 13.8 Å². The molecule has 0 saturated carbocycles. The fourth-order valence-corrected chi connectivity index (χ4v) is 3.03. The number of methoxy groups -OCH3 is 1. The van der Waals surface area contributed by atoms with Crippen LogP contribution < -0.4 is 10.1 Å². The van der Waals surface area contributed by atoms with Crippen LogP contribution in [-0.4, -0.2) is 35.8 Å². The van der Waals surface area contributed by atoms with E-state index in [1.165, 1.54) is 0 Å². The Hall–Kier alpha value is -1.36. The van der Waals surface area contributed by atoms with Gasteiger partial charge < -0.3 is 10.1 Å². The van der Waals surface area contributed by atoms with Crippen LogP contribution in [0.1, 0.15) is 50.0 Å². The summed E-state index contributed by atoms with van der Waals surface area (Å²) in [7, 11) is 1.60. The Bertz CT molecular complexity index is 462. The number of aromatic nitrogens is 2. The van der Waals surface area contributed by atoms with Crippen molar-refractivity contribution in [2.45, 2.75) is 46.1 Å². The average Bonchev–Trinajstić information content (AvgIpc) is 2.90. The Morgan fingerprint density at radius 2 is 2.15 bits per heavy atom. The summed E-state index contributed by atoms with van der Waals surface area (Å²) in [5, 5.41) is 7.65. The highest BCUT2D eigenvalue weighted by molar-refractivity contribution is 6.01. The summed E-state index contributed by atoms with van der Waals surface area (Å²) >= 11 is 0. The number of Topliss-reactive ketones (excluding diaryl/α,β-unsaturated/α-hetero) is 1. The summed E-state index contributed by atoms with van der Waals surface area (Å²) in [6.45, 7) is 6.76. The van der Waals surface area contributed by atoms with Gasteiger partial charge in [0.1, 0.15) is 5.69 Å². The molecule has 1 aromatic heterocycles. The molecule has 0 unspecified atom stereocenters. The average molecular weight is 279 g/mol. The third kappa shape index (κ3) is 2.59. The normalized spacial score (nSPS) is 17.9. The van der Waals surface area contributed by atoms with Gasteiger partial charge in [0.05, 0.1) is 13.3 Å². The molecule has 1 aliphatic heterocycles. The van der Waals surface area contributed by atoms with E-state index in [1.807, 2.05) is 0 Å². The second-order valence-corrected chi connectivity index (χ2v) is 5.50. The molecular formula is C15H25N3O2. The van der Waals surface area contributed by atoms with Crippen molar-refractivity contribution in [3.05, 3.63) is 11.9 Å². The highest BCUT2D eigenvalue weighted by Gasteiger charge is 2.41. The van der Waals surface area contributed by atoms with Gasteiger partial charge in [0.15, 0.2) is 11.5 Å². The topological polar surface area (TPSA) is 56.2 Å². The molecule has 0 bridgehead atoms. The summed E-state index contributed by atoms with van der Waals surface area (Å²) in [6.07, 6.45) is 5.26. The zero-order valence-corrected chi connectivity index (χ0v) is 12.7. The predicted molar refractivity (Wildman–Crippen MR) is 78.2 cm³/mol. The van der Waals surface area contributed by atoms with E-state index < -0.39 is 0 Å². The van der Waals surface area contributed by atoms with Crippen LogP contribution in [0, 0.1) is 5.41 Å². The zero-order chi connectivity index (χ0) is 14.6. The van der Waals surface area contributed by atoms with Crippen LogP contribution in [0.25, 0.3) is 0 Å². The Balaban J connectivity index is 2.37. The van der Waals surface area contributed by atoms with Crippen LogP contribution in [0.2, 0.25) is 0 Å². The maximum absolute atomic E-state index is 13.1. The number of carbonyl (C=O) groups excluding carboxylic acids is 1. The Kier molecular flexibility index (Phi) is 4.81. The Morgan fingerprint density at radius 1 is 1.45 bits per heavy atom. The molecule has 1 fully saturated rings. The minimum Gasteiger partial charge on any atom is -0.493 e. The van der Waals surface area contributed by atoms with Gasteiger partial charge in [0.25, 0.3) is 0 Å². The van der Waals surface area contributed by atoms with Crippen molar-refractivity contribution in [1.29, 1.82) is 0 Å². The van der Waals surface area contributed by atoms with Gasteiger partial charge in [-0.3, -0.25) is 9.48 Å². The molecule has 0 atom stereocenters. The van der Waals surface area contributed by atoms with Crippen LogP contribution in [0.5, 0.6) is 5.75 Å². The van der Waals surface area contributed by atoms with Gasteiger partial charge in [-0.15, -0.1) is 0 Å². The summed E-state index contributed by atoms with van der Waals surface area (Å²) < 4.78 is 7.16. The summed E-state index contributed by atoms with van der Waals surface area (Å²) in [6, 6.07) is 0. The van der Waals surface area contributed by atoms with E-state index in [0.29, 0.717) is 11.4 Å². The Morgan fingerprint density at radius 3 is 2.70 bits per heavy atom. The quantitative estimate of drug-likeness (QED) is 0.812. The lowest BCUT2D eigenvalue weighted by atomic mass is 9.72. The highest BCUT2D eigenvalue weighted by atomic mass is 16.5. The van der Waals surface area contributed by atoms with Crippen molar-refractivity contribution in [2.75, 3.05) is 20.2 Å². The number of nitrogens with zero attached hydrogens (tertiary/aromatic N) is 2. The molecule has 20 heavy (non-hydrogen) atoms. The number of nitrogens with one attached hydrogen (secondary N) is 1. The smallest absolute Gasteiger partial charge is 0.190 e. The van der Waals surface area contributed by atoms with Crippen molar-refractivity contribution in [3.63, 3.8) is 0 Å². The monoisotopic (exact) mass is 279 g/mol. The molecule has 1 N–H and O–H groups in total. The van der Waals surface area contributed by atoms with Gasteiger partial charge >= 0.3 is 0 Å². The number of piperidine rings is 1. The van der Waals surface area contributed by atoms with Crippen molar-refractivity contribution >= 4 is 5.78 Å². The number of ether oxygens (including phenoxy) is 1. The molecule has 112 valence electrons. The van der Waals surface area contributed by atoms with Gasteiger partial charge in [-0.25, -0.2) is 0 Å². The van der Waals surface area contributed by atoms with E-state index >= 15 is 0 Å². The molecule has 5 heteroatoms. The highest BCUT2D eigenvalue weighted by Crippen LogP contribution is 2.38. The fourth-order valence-electron chi connectivity index (χ4n) is 3.03. The lowest BCUT2D eigenvalue weighted by Crippen LogP contribution is -2.42. The number of rotatable bonds is 6. The van der Waals surface area contributed by atoms with Gasteiger partial charge in [-0.05, 0) is 38.8 Å². The van der Waals surface area contributed by atoms with Crippen molar-refractivity contribution in [2.24, 2.45) is 5.41 Å². The van der Waals surface area contributed by atoms with Crippen molar-refractivity contribution in [1.82, 2.24) is 15.1 Å². The second-order valence-electron chi connectivity index (χ2n) is 5.50. The molecule has 1 aliphatic rings. The first-order valence-corrected chi connectivity index (χ1v) is 7.54. The van der Waals surface area contributed by atoms with Crippen LogP contribution in [0.4, 0.5) is 0 Å². The molecule has 2 heterocycles. The number of carbonyl (C=O) groups is 1. The number of ketones is 1. The maximum Gasteiger partial charge on any atom is 0.190 e. The molecule has 0 aliphatic carbocycles. The van der Waals surface area contributed by atoms with Crippen LogP contribution >= 0.6 is 0 Å². The third-order valence-electron chi connectivity index (χ3n) is 4.40. The van der Waals surface area contributed by atoms with E-state index in [1.54, 1.807) is 18.0 Å². The maximum atomic E-state index is 13.1. The van der Waals surface area contributed by atoms with Crippen molar-refractivity contribution < 1.29 is 9.53 Å². The van der Waals surface area contributed by atoms with E-state index in [4.69, 9.17) is 4.74 Å². The molecule has 0 spiro atoms. The molecular weight excluding hydrogens is 254 g/mol. The fraction of sp³-hybridized carbons (Fsp3) is 0.733. The number of hydrogen-bond acceptors (Lipinski definition) is 4. The summed E-state index contributed by atoms with van der Waals surface area (Å²) in [5.41, 5.74) is 0.391. The number of aryl methyl sites for hydroxylation is 1. The molecule has 1 aromatic rings. The first-order valence-electron chi connectivity index (χ1n) is 7.54. The van der Waals surface area contributed by atoms with E-state index in [-0.39, 0.29) is 11.2 Å². The minimum absolute atomic E-state index is 0.198. The molecule has 1 saturated heterocycles. The van der Waals surface area contributed by atoms with Crippen LogP contribution in [-0.2, 0) is 6.54 Å². The Labute approximate surface area is 120 Å². The molecule has 5 nitrogen and oxygen atoms in total. The summed E-state index contributed by atoms with van der Waals surface area (Å²) in [4.78, 5) is 13.1. The lowest BCUT2D eigenvalue weighted by Gasteiger charge is -2.35. The van der Waals surface area contributed by atoms with E-state index in [2.05, 4.69) is 24.3 Å². The van der Waals surface area contributed by atoms with Gasteiger partial charge in [0, 0.05) is 12.0 Å². The van der Waals surface area contributed by atoms with Crippen LogP contribution in [0.3, 0.4) is 0 Å². The zero-order valence-electron chi connectivity index (χ0n) is 12.7.